The molecule has 1 heterocycles. The molecule has 1 amide bonds. The van der Waals surface area contributed by atoms with Gasteiger partial charge >= 0.3 is 0 Å². The van der Waals surface area contributed by atoms with E-state index in [2.05, 4.69) is 26.2 Å². The number of primary sulfonamides is 1. The molecule has 0 fully saturated rings. The number of amides is 1. The van der Waals surface area contributed by atoms with Gasteiger partial charge in [-0.3, -0.25) is 10.1 Å². The number of rotatable bonds is 3. The normalized spacial score (nSPS) is 11.4. The van der Waals surface area contributed by atoms with Crippen LogP contribution in [0.25, 0.3) is 0 Å². The van der Waals surface area contributed by atoms with Crippen LogP contribution in [0.3, 0.4) is 0 Å². The van der Waals surface area contributed by atoms with Gasteiger partial charge in [0.2, 0.25) is 10.0 Å². The summed E-state index contributed by atoms with van der Waals surface area (Å²) in [6.45, 7) is 1.50. The Morgan fingerprint density at radius 1 is 1.48 bits per heavy atom. The van der Waals surface area contributed by atoms with Crippen molar-refractivity contribution in [2.24, 2.45) is 5.14 Å². The predicted molar refractivity (Wildman–Crippen MR) is 85.3 cm³/mol. The monoisotopic (exact) mass is 409 g/mol. The van der Waals surface area contributed by atoms with Gasteiger partial charge < -0.3 is 0 Å². The molecule has 2 rings (SSSR count). The molecule has 1 aromatic carbocycles. The van der Waals surface area contributed by atoms with Crippen LogP contribution in [0.15, 0.2) is 26.9 Å². The maximum atomic E-state index is 12.1. The van der Waals surface area contributed by atoms with Gasteiger partial charge in [0.1, 0.15) is 0 Å². The van der Waals surface area contributed by atoms with Crippen LogP contribution in [0.2, 0.25) is 5.02 Å². The minimum atomic E-state index is -3.85. The zero-order chi connectivity index (χ0) is 15.8. The summed E-state index contributed by atoms with van der Waals surface area (Å²) in [5.41, 5.74) is 0.595. The molecule has 21 heavy (non-hydrogen) atoms. The van der Waals surface area contributed by atoms with Crippen molar-refractivity contribution < 1.29 is 13.2 Å². The summed E-state index contributed by atoms with van der Waals surface area (Å²) in [6, 6.07) is 4.70. The van der Waals surface area contributed by atoms with Crippen LogP contribution in [-0.4, -0.2) is 19.3 Å². The molecule has 0 unspecified atom stereocenters. The van der Waals surface area contributed by atoms with Crippen molar-refractivity contribution in [3.05, 3.63) is 39.0 Å². The summed E-state index contributed by atoms with van der Waals surface area (Å²) in [4.78, 5) is 16.1. The van der Waals surface area contributed by atoms with E-state index in [1.165, 1.54) is 6.92 Å². The number of nitrogens with one attached hydrogen (secondary N) is 1. The van der Waals surface area contributed by atoms with Gasteiger partial charge in [0, 0.05) is 9.50 Å². The Kier molecular flexibility index (Phi) is 4.69. The minimum absolute atomic E-state index is 0.0760. The number of aryl methyl sites for hydroxylation is 1. The number of nitrogens with two attached hydrogens (primary N) is 1. The lowest BCUT2D eigenvalue weighted by Gasteiger charge is -2.04. The van der Waals surface area contributed by atoms with Crippen LogP contribution in [0.5, 0.6) is 0 Å². The first-order chi connectivity index (χ1) is 9.68. The lowest BCUT2D eigenvalue weighted by molar-refractivity contribution is 0.102. The number of carbonyl (C=O) groups excluding carboxylic acids is 1. The number of hydrogen-bond acceptors (Lipinski definition) is 5. The van der Waals surface area contributed by atoms with Gasteiger partial charge in [-0.15, -0.1) is 0 Å². The third kappa shape index (κ3) is 3.80. The summed E-state index contributed by atoms with van der Waals surface area (Å²) in [6.07, 6.45) is 0. The number of sulfonamides is 1. The van der Waals surface area contributed by atoms with E-state index in [1.54, 1.807) is 18.2 Å². The van der Waals surface area contributed by atoms with Crippen molar-refractivity contribution in [1.29, 1.82) is 0 Å². The second-order valence-corrected chi connectivity index (χ2v) is 8.06. The van der Waals surface area contributed by atoms with Crippen molar-refractivity contribution in [1.82, 2.24) is 4.98 Å². The molecule has 0 saturated heterocycles. The smallest absolute Gasteiger partial charge is 0.258 e. The first-order valence-corrected chi connectivity index (χ1v) is 8.98. The lowest BCUT2D eigenvalue weighted by Crippen LogP contribution is -2.12. The molecule has 0 atom stereocenters. The Balaban J connectivity index is 2.28. The molecule has 0 aliphatic rings. The van der Waals surface area contributed by atoms with Gasteiger partial charge in [-0.2, -0.15) is 0 Å². The van der Waals surface area contributed by atoms with Crippen molar-refractivity contribution in [2.75, 3.05) is 5.32 Å². The van der Waals surface area contributed by atoms with Crippen molar-refractivity contribution >= 4 is 59.9 Å². The SMILES string of the molecule is Cc1nc(NC(=O)c2ccc(Cl)cc2Br)sc1S(N)(=O)=O. The Morgan fingerprint density at radius 3 is 2.67 bits per heavy atom. The van der Waals surface area contributed by atoms with Crippen LogP contribution >= 0.6 is 38.9 Å². The van der Waals surface area contributed by atoms with E-state index >= 15 is 0 Å². The highest BCUT2D eigenvalue weighted by Gasteiger charge is 2.19. The summed E-state index contributed by atoms with van der Waals surface area (Å²) >= 11 is 9.84. The van der Waals surface area contributed by atoms with Crippen LogP contribution in [0, 0.1) is 6.92 Å². The first kappa shape index (κ1) is 16.4. The number of nitrogens with zero attached hydrogens (tertiary/aromatic N) is 1. The van der Waals surface area contributed by atoms with Crippen molar-refractivity contribution in [3.63, 3.8) is 0 Å². The quantitative estimate of drug-likeness (QED) is 0.812. The maximum absolute atomic E-state index is 12.1. The van der Waals surface area contributed by atoms with E-state index in [9.17, 15) is 13.2 Å². The molecule has 0 radical (unpaired) electrons. The number of anilines is 1. The molecule has 6 nitrogen and oxygen atoms in total. The summed E-state index contributed by atoms with van der Waals surface area (Å²) < 4.78 is 23.1. The summed E-state index contributed by atoms with van der Waals surface area (Å²) in [7, 11) is -3.85. The van der Waals surface area contributed by atoms with Crippen LogP contribution in [0.4, 0.5) is 5.13 Å². The second kappa shape index (κ2) is 6.01. The van der Waals surface area contributed by atoms with Gasteiger partial charge in [-0.05, 0) is 41.1 Å². The van der Waals surface area contributed by atoms with Gasteiger partial charge in [-0.1, -0.05) is 22.9 Å². The van der Waals surface area contributed by atoms with Gasteiger partial charge in [0.15, 0.2) is 9.34 Å². The van der Waals surface area contributed by atoms with E-state index in [1.807, 2.05) is 0 Å². The van der Waals surface area contributed by atoms with Crippen LogP contribution < -0.4 is 10.5 Å². The molecule has 3 N–H and O–H groups in total. The fourth-order valence-electron chi connectivity index (χ4n) is 1.54. The summed E-state index contributed by atoms with van der Waals surface area (Å²) in [5, 5.41) is 8.23. The minimum Gasteiger partial charge on any atom is -0.298 e. The fraction of sp³-hybridized carbons (Fsp3) is 0.0909. The standard InChI is InChI=1S/C11H9BrClN3O3S2/c1-5-10(21(14,18)19)20-11(15-5)16-9(17)7-3-2-6(13)4-8(7)12/h2-4H,1H3,(H2,14,18,19)(H,15,16,17). The molecular weight excluding hydrogens is 402 g/mol. The zero-order valence-corrected chi connectivity index (χ0v) is 14.5. The van der Waals surface area contributed by atoms with Crippen molar-refractivity contribution in [2.45, 2.75) is 11.1 Å². The average molecular weight is 411 g/mol. The Hall–Kier alpha value is -1.000. The number of halogens is 2. The molecule has 2 aromatic rings. The fourth-order valence-corrected chi connectivity index (χ4v) is 4.25. The molecule has 10 heteroatoms. The number of thiazole rings is 1. The number of benzene rings is 1. The number of aromatic nitrogens is 1. The maximum Gasteiger partial charge on any atom is 0.258 e. The third-order valence-electron chi connectivity index (χ3n) is 2.41. The Labute approximate surface area is 138 Å². The molecule has 0 spiro atoms. The highest BCUT2D eigenvalue weighted by Crippen LogP contribution is 2.27. The number of carbonyl (C=O) groups is 1. The van der Waals surface area contributed by atoms with Gasteiger partial charge in [0.05, 0.1) is 11.3 Å². The highest BCUT2D eigenvalue weighted by molar-refractivity contribution is 9.10. The predicted octanol–water partition coefficient (Wildman–Crippen LogP) is 2.77. The van der Waals surface area contributed by atoms with Gasteiger partial charge in [0.25, 0.3) is 5.91 Å². The van der Waals surface area contributed by atoms with E-state index in [4.69, 9.17) is 16.7 Å². The molecule has 0 aliphatic carbocycles. The average Bonchev–Trinajstić information content (AvgIpc) is 2.69. The topological polar surface area (TPSA) is 102 Å². The van der Waals surface area contributed by atoms with Crippen molar-refractivity contribution in [3.8, 4) is 0 Å². The Morgan fingerprint density at radius 2 is 2.14 bits per heavy atom. The molecule has 0 saturated carbocycles. The van der Waals surface area contributed by atoms with Gasteiger partial charge in [-0.25, -0.2) is 18.5 Å². The van der Waals surface area contributed by atoms with Crippen LogP contribution in [0.1, 0.15) is 16.1 Å². The number of hydrogen-bond donors (Lipinski definition) is 2. The molecule has 0 aliphatic heterocycles. The van der Waals surface area contributed by atoms with E-state index < -0.39 is 15.9 Å². The largest absolute Gasteiger partial charge is 0.298 e. The molecule has 0 bridgehead atoms. The molecular formula is C11H9BrClN3O3S2. The van der Waals surface area contributed by atoms with E-state index in [-0.39, 0.29) is 15.0 Å². The molecule has 1 aromatic heterocycles. The first-order valence-electron chi connectivity index (χ1n) is 5.45. The molecule has 112 valence electrons. The summed E-state index contributed by atoms with van der Waals surface area (Å²) in [5.74, 6) is -0.437. The van der Waals surface area contributed by atoms with E-state index in [0.29, 0.717) is 15.1 Å². The second-order valence-electron chi connectivity index (χ2n) is 4.02. The lowest BCUT2D eigenvalue weighted by atomic mass is 10.2. The Bertz CT molecular complexity index is 820. The highest BCUT2D eigenvalue weighted by atomic mass is 79.9. The van der Waals surface area contributed by atoms with Crippen LogP contribution in [-0.2, 0) is 10.0 Å². The zero-order valence-electron chi connectivity index (χ0n) is 10.6. The van der Waals surface area contributed by atoms with E-state index in [0.717, 1.165) is 11.3 Å². The third-order valence-corrected chi connectivity index (χ3v) is 5.93.